The van der Waals surface area contributed by atoms with Gasteiger partial charge in [0.15, 0.2) is 6.61 Å². The summed E-state index contributed by atoms with van der Waals surface area (Å²) in [5.74, 6) is 1.01. The van der Waals surface area contributed by atoms with E-state index in [-0.39, 0.29) is 12.6 Å². The van der Waals surface area contributed by atoms with Crippen LogP contribution in [-0.2, 0) is 9.53 Å². The van der Waals surface area contributed by atoms with Gasteiger partial charge in [0.2, 0.25) is 0 Å². The minimum absolute atomic E-state index is 0.0743. The van der Waals surface area contributed by atoms with Gasteiger partial charge in [-0.3, -0.25) is 0 Å². The zero-order valence-electron chi connectivity index (χ0n) is 11.1. The van der Waals surface area contributed by atoms with Crippen molar-refractivity contribution in [2.75, 3.05) is 41.0 Å². The van der Waals surface area contributed by atoms with Crippen LogP contribution in [0, 0.1) is 0 Å². The molecule has 0 aliphatic heterocycles. The molecule has 0 heterocycles. The van der Waals surface area contributed by atoms with Gasteiger partial charge >= 0.3 is 5.97 Å². The lowest BCUT2D eigenvalue weighted by Gasteiger charge is -2.09. The molecule has 18 heavy (non-hydrogen) atoms. The van der Waals surface area contributed by atoms with Crippen LogP contribution in [0.25, 0.3) is 0 Å². The molecule has 5 nitrogen and oxygen atoms in total. The van der Waals surface area contributed by atoms with Gasteiger partial charge in [-0.2, -0.15) is 0 Å². The number of ether oxygens (including phenoxy) is 3. The van der Waals surface area contributed by atoms with E-state index in [2.05, 4.69) is 0 Å². The first-order valence-corrected chi connectivity index (χ1v) is 5.83. The SMILES string of the molecule is COc1ccc(OCC(=O)OCC[NH+](C)C)cc1. The molecule has 0 aliphatic rings. The number of hydrogen-bond acceptors (Lipinski definition) is 4. The van der Waals surface area contributed by atoms with Gasteiger partial charge < -0.3 is 19.1 Å². The van der Waals surface area contributed by atoms with E-state index in [1.165, 1.54) is 4.90 Å². The minimum Gasteiger partial charge on any atom is -0.497 e. The van der Waals surface area contributed by atoms with Crippen LogP contribution in [-0.4, -0.2) is 46.9 Å². The summed E-state index contributed by atoms with van der Waals surface area (Å²) in [6.07, 6.45) is 0. The zero-order chi connectivity index (χ0) is 13.4. The van der Waals surface area contributed by atoms with Crippen LogP contribution in [0.3, 0.4) is 0 Å². The first kappa shape index (κ1) is 14.3. The molecule has 1 rings (SSSR count). The van der Waals surface area contributed by atoms with Crippen LogP contribution in [0.1, 0.15) is 0 Å². The van der Waals surface area contributed by atoms with Gasteiger partial charge in [-0.05, 0) is 24.3 Å². The Morgan fingerprint density at radius 2 is 1.78 bits per heavy atom. The lowest BCUT2D eigenvalue weighted by atomic mass is 10.3. The average molecular weight is 254 g/mol. The van der Waals surface area contributed by atoms with Crippen LogP contribution in [0.4, 0.5) is 0 Å². The Morgan fingerprint density at radius 1 is 1.17 bits per heavy atom. The van der Waals surface area contributed by atoms with Gasteiger partial charge in [0.05, 0.1) is 21.2 Å². The van der Waals surface area contributed by atoms with E-state index in [0.717, 1.165) is 12.3 Å². The Labute approximate surface area is 107 Å². The summed E-state index contributed by atoms with van der Waals surface area (Å²) >= 11 is 0. The first-order chi connectivity index (χ1) is 8.61. The number of rotatable bonds is 7. The van der Waals surface area contributed by atoms with Crippen molar-refractivity contribution < 1.29 is 23.9 Å². The number of carbonyl (C=O) groups is 1. The van der Waals surface area contributed by atoms with Gasteiger partial charge in [-0.25, -0.2) is 4.79 Å². The maximum Gasteiger partial charge on any atom is 0.344 e. The lowest BCUT2D eigenvalue weighted by Crippen LogP contribution is -3.06. The van der Waals surface area contributed by atoms with Crippen molar-refractivity contribution >= 4 is 5.97 Å². The van der Waals surface area contributed by atoms with Crippen molar-refractivity contribution in [2.45, 2.75) is 0 Å². The molecule has 1 aromatic carbocycles. The zero-order valence-corrected chi connectivity index (χ0v) is 11.1. The molecule has 100 valence electrons. The topological polar surface area (TPSA) is 49.2 Å². The Balaban J connectivity index is 2.24. The number of hydrogen-bond donors (Lipinski definition) is 1. The molecule has 0 amide bonds. The van der Waals surface area contributed by atoms with Gasteiger partial charge in [-0.1, -0.05) is 0 Å². The Kier molecular flexibility index (Phi) is 6.00. The predicted octanol–water partition coefficient (Wildman–Crippen LogP) is -0.238. The minimum atomic E-state index is -0.355. The maximum absolute atomic E-state index is 11.3. The fraction of sp³-hybridized carbons (Fsp3) is 0.462. The molecule has 0 spiro atoms. The van der Waals surface area contributed by atoms with E-state index in [0.29, 0.717) is 12.4 Å². The highest BCUT2D eigenvalue weighted by molar-refractivity contribution is 5.71. The quantitative estimate of drug-likeness (QED) is 0.682. The number of quaternary nitrogens is 1. The Hall–Kier alpha value is -1.75. The Morgan fingerprint density at radius 3 is 2.33 bits per heavy atom. The second kappa shape index (κ2) is 7.55. The molecular formula is C13H20NO4+. The molecule has 0 unspecified atom stereocenters. The van der Waals surface area contributed by atoms with Crippen LogP contribution in [0.2, 0.25) is 0 Å². The lowest BCUT2D eigenvalue weighted by molar-refractivity contribution is -0.858. The van der Waals surface area contributed by atoms with Crippen LogP contribution in [0.5, 0.6) is 11.5 Å². The number of carbonyl (C=O) groups excluding carboxylic acids is 1. The van der Waals surface area contributed by atoms with E-state index < -0.39 is 0 Å². The van der Waals surface area contributed by atoms with Crippen molar-refractivity contribution in [3.8, 4) is 11.5 Å². The van der Waals surface area contributed by atoms with Crippen LogP contribution >= 0.6 is 0 Å². The fourth-order valence-corrected chi connectivity index (χ4v) is 1.22. The smallest absolute Gasteiger partial charge is 0.344 e. The molecule has 0 saturated carbocycles. The van der Waals surface area contributed by atoms with Gasteiger partial charge in [-0.15, -0.1) is 0 Å². The molecule has 5 heteroatoms. The molecule has 0 bridgehead atoms. The van der Waals surface area contributed by atoms with Crippen molar-refractivity contribution in [3.05, 3.63) is 24.3 Å². The third-order valence-electron chi connectivity index (χ3n) is 2.28. The third-order valence-corrected chi connectivity index (χ3v) is 2.28. The second-order valence-electron chi connectivity index (χ2n) is 4.14. The molecule has 0 radical (unpaired) electrons. The largest absolute Gasteiger partial charge is 0.497 e. The number of nitrogens with one attached hydrogen (secondary N) is 1. The fourth-order valence-electron chi connectivity index (χ4n) is 1.22. The molecule has 0 saturated heterocycles. The summed E-state index contributed by atoms with van der Waals surface area (Å²) in [5.41, 5.74) is 0. The van der Waals surface area contributed by atoms with Crippen molar-refractivity contribution in [1.82, 2.24) is 0 Å². The summed E-state index contributed by atoms with van der Waals surface area (Å²) in [4.78, 5) is 12.6. The van der Waals surface area contributed by atoms with Gasteiger partial charge in [0.25, 0.3) is 0 Å². The van der Waals surface area contributed by atoms with Crippen molar-refractivity contribution in [2.24, 2.45) is 0 Å². The van der Waals surface area contributed by atoms with E-state index in [9.17, 15) is 4.79 Å². The van der Waals surface area contributed by atoms with Gasteiger partial charge in [0.1, 0.15) is 24.7 Å². The van der Waals surface area contributed by atoms with Crippen molar-refractivity contribution in [1.29, 1.82) is 0 Å². The number of likely N-dealkylation sites (N-methyl/N-ethyl adjacent to an activating group) is 1. The maximum atomic E-state index is 11.3. The monoisotopic (exact) mass is 254 g/mol. The molecule has 0 aromatic heterocycles. The highest BCUT2D eigenvalue weighted by Crippen LogP contribution is 2.16. The molecule has 1 N–H and O–H groups in total. The summed E-state index contributed by atoms with van der Waals surface area (Å²) in [5, 5.41) is 0. The highest BCUT2D eigenvalue weighted by atomic mass is 16.6. The molecule has 0 aliphatic carbocycles. The molecule has 0 fully saturated rings. The van der Waals surface area contributed by atoms with Crippen LogP contribution in [0.15, 0.2) is 24.3 Å². The standard InChI is InChI=1S/C13H19NO4/c1-14(2)8-9-17-13(15)10-18-12-6-4-11(16-3)5-7-12/h4-7H,8-10H2,1-3H3/p+1. The van der Waals surface area contributed by atoms with Crippen LogP contribution < -0.4 is 14.4 Å². The summed E-state index contributed by atoms with van der Waals surface area (Å²) in [6, 6.07) is 7.04. The molecular weight excluding hydrogens is 234 g/mol. The van der Waals surface area contributed by atoms with E-state index in [4.69, 9.17) is 14.2 Å². The number of methoxy groups -OCH3 is 1. The molecule has 1 aromatic rings. The first-order valence-electron chi connectivity index (χ1n) is 5.83. The molecule has 0 atom stereocenters. The van der Waals surface area contributed by atoms with E-state index in [1.807, 2.05) is 14.1 Å². The van der Waals surface area contributed by atoms with Crippen molar-refractivity contribution in [3.63, 3.8) is 0 Å². The van der Waals surface area contributed by atoms with E-state index >= 15 is 0 Å². The summed E-state index contributed by atoms with van der Waals surface area (Å²) < 4.78 is 15.3. The van der Waals surface area contributed by atoms with E-state index in [1.54, 1.807) is 31.4 Å². The summed E-state index contributed by atoms with van der Waals surface area (Å²) in [7, 11) is 5.60. The number of benzene rings is 1. The summed E-state index contributed by atoms with van der Waals surface area (Å²) in [6.45, 7) is 1.12. The Bertz CT molecular complexity index is 362. The average Bonchev–Trinajstić information content (AvgIpc) is 2.36. The predicted molar refractivity (Wildman–Crippen MR) is 67.1 cm³/mol. The highest BCUT2D eigenvalue weighted by Gasteiger charge is 2.05. The third kappa shape index (κ3) is 5.54. The normalized spacial score (nSPS) is 10.2. The van der Waals surface area contributed by atoms with Gasteiger partial charge in [0, 0.05) is 0 Å². The second-order valence-corrected chi connectivity index (χ2v) is 4.14. The number of esters is 1.